The summed E-state index contributed by atoms with van der Waals surface area (Å²) in [6.45, 7) is 0. The van der Waals surface area contributed by atoms with Crippen molar-refractivity contribution < 1.29 is 9.59 Å². The van der Waals surface area contributed by atoms with Crippen molar-refractivity contribution in [3.05, 3.63) is 84.1 Å². The number of benzene rings is 2. The number of ketones is 2. The second kappa shape index (κ2) is 5.93. The van der Waals surface area contributed by atoms with Gasteiger partial charge in [-0.15, -0.1) is 0 Å². The molecule has 118 valence electrons. The molecule has 0 bridgehead atoms. The Morgan fingerprint density at radius 2 is 1.67 bits per heavy atom. The van der Waals surface area contributed by atoms with E-state index in [2.05, 4.69) is 4.98 Å². The van der Waals surface area contributed by atoms with E-state index in [-0.39, 0.29) is 17.5 Å². The highest BCUT2D eigenvalue weighted by Gasteiger charge is 2.34. The van der Waals surface area contributed by atoms with Crippen molar-refractivity contribution in [1.82, 2.24) is 4.98 Å². The fourth-order valence-electron chi connectivity index (χ4n) is 3.42. The Morgan fingerprint density at radius 3 is 2.50 bits per heavy atom. The van der Waals surface area contributed by atoms with Gasteiger partial charge in [0.2, 0.25) is 0 Å². The molecular formula is C21H17NO2. The molecule has 0 spiro atoms. The van der Waals surface area contributed by atoms with E-state index in [4.69, 9.17) is 0 Å². The number of hydrogen-bond donors (Lipinski definition) is 1. The lowest BCUT2D eigenvalue weighted by molar-refractivity contribution is -0.131. The number of rotatable bonds is 3. The van der Waals surface area contributed by atoms with Gasteiger partial charge in [-0.25, -0.2) is 0 Å². The van der Waals surface area contributed by atoms with Gasteiger partial charge >= 0.3 is 0 Å². The first-order valence-corrected chi connectivity index (χ1v) is 8.10. The molecule has 3 nitrogen and oxygen atoms in total. The molecule has 0 amide bonds. The molecule has 0 aliphatic heterocycles. The molecule has 0 radical (unpaired) electrons. The minimum atomic E-state index is -0.612. The van der Waals surface area contributed by atoms with Crippen LogP contribution in [0.3, 0.4) is 0 Å². The zero-order chi connectivity index (χ0) is 16.5. The number of hydrogen-bond acceptors (Lipinski definition) is 2. The fourth-order valence-corrected chi connectivity index (χ4v) is 3.42. The van der Waals surface area contributed by atoms with Crippen LogP contribution in [0, 0.1) is 5.92 Å². The molecule has 2 atom stereocenters. The van der Waals surface area contributed by atoms with Crippen LogP contribution >= 0.6 is 0 Å². The Kier molecular flexibility index (Phi) is 3.62. The van der Waals surface area contributed by atoms with Gasteiger partial charge in [-0.3, -0.25) is 9.59 Å². The van der Waals surface area contributed by atoms with Gasteiger partial charge in [0.25, 0.3) is 0 Å². The van der Waals surface area contributed by atoms with Gasteiger partial charge in [0.05, 0.1) is 11.8 Å². The third-order valence-corrected chi connectivity index (χ3v) is 4.70. The molecule has 0 fully saturated rings. The first-order valence-electron chi connectivity index (χ1n) is 8.10. The van der Waals surface area contributed by atoms with Gasteiger partial charge in [0.1, 0.15) is 0 Å². The molecule has 0 saturated heterocycles. The SMILES string of the molecule is O=C1C=CC(c2ccccc2)C(=O)C1Cc1c[nH]c2ccccc12. The monoisotopic (exact) mass is 315 g/mol. The third kappa shape index (κ3) is 2.48. The molecule has 1 aliphatic rings. The quantitative estimate of drug-likeness (QED) is 0.747. The van der Waals surface area contributed by atoms with Crippen molar-refractivity contribution >= 4 is 22.5 Å². The Morgan fingerprint density at radius 1 is 0.917 bits per heavy atom. The minimum Gasteiger partial charge on any atom is -0.361 e. The average molecular weight is 315 g/mol. The second-order valence-electron chi connectivity index (χ2n) is 6.17. The number of para-hydroxylation sites is 1. The topological polar surface area (TPSA) is 49.9 Å². The molecule has 24 heavy (non-hydrogen) atoms. The maximum Gasteiger partial charge on any atom is 0.166 e. The molecule has 3 aromatic rings. The lowest BCUT2D eigenvalue weighted by atomic mass is 9.78. The number of aromatic amines is 1. The summed E-state index contributed by atoms with van der Waals surface area (Å²) in [5.74, 6) is -1.06. The van der Waals surface area contributed by atoms with Crippen LogP contribution < -0.4 is 0 Å². The predicted molar refractivity (Wildman–Crippen MR) is 93.8 cm³/mol. The zero-order valence-electron chi connectivity index (χ0n) is 13.1. The number of carbonyl (C=O) groups is 2. The van der Waals surface area contributed by atoms with Crippen molar-refractivity contribution in [2.75, 3.05) is 0 Å². The van der Waals surface area contributed by atoms with Crippen LogP contribution in [0.5, 0.6) is 0 Å². The largest absolute Gasteiger partial charge is 0.361 e. The Balaban J connectivity index is 1.66. The fraction of sp³-hybridized carbons (Fsp3) is 0.143. The van der Waals surface area contributed by atoms with Crippen LogP contribution in [0.1, 0.15) is 17.0 Å². The summed E-state index contributed by atoms with van der Waals surface area (Å²) in [6.07, 6.45) is 5.64. The number of fused-ring (bicyclic) bond motifs is 1. The second-order valence-corrected chi connectivity index (χ2v) is 6.17. The van der Waals surface area contributed by atoms with E-state index >= 15 is 0 Å². The summed E-state index contributed by atoms with van der Waals surface area (Å²) in [5.41, 5.74) is 2.98. The lowest BCUT2D eigenvalue weighted by Gasteiger charge is -2.22. The molecule has 0 saturated carbocycles. The van der Waals surface area contributed by atoms with Crippen molar-refractivity contribution in [2.45, 2.75) is 12.3 Å². The molecule has 4 rings (SSSR count). The predicted octanol–water partition coefficient (Wildman–Crippen LogP) is 3.82. The molecule has 1 aliphatic carbocycles. The van der Waals surface area contributed by atoms with Gasteiger partial charge in [0.15, 0.2) is 11.6 Å². The third-order valence-electron chi connectivity index (χ3n) is 4.70. The van der Waals surface area contributed by atoms with Crippen molar-refractivity contribution in [2.24, 2.45) is 5.92 Å². The number of nitrogens with one attached hydrogen (secondary N) is 1. The number of Topliss-reactive ketones (excluding diaryl/α,β-unsaturated/α-hetero) is 1. The van der Waals surface area contributed by atoms with Crippen molar-refractivity contribution in [3.63, 3.8) is 0 Å². The van der Waals surface area contributed by atoms with Crippen LogP contribution in [0.2, 0.25) is 0 Å². The molecular weight excluding hydrogens is 298 g/mol. The molecule has 1 N–H and O–H groups in total. The Hall–Kier alpha value is -2.94. The van der Waals surface area contributed by atoms with E-state index in [0.717, 1.165) is 22.0 Å². The lowest BCUT2D eigenvalue weighted by Crippen LogP contribution is -2.32. The normalized spacial score (nSPS) is 20.7. The van der Waals surface area contributed by atoms with Gasteiger partial charge in [-0.1, -0.05) is 54.6 Å². The number of H-pyrrole nitrogens is 1. The van der Waals surface area contributed by atoms with Gasteiger partial charge in [-0.2, -0.15) is 0 Å². The Labute approximate surface area is 140 Å². The highest BCUT2D eigenvalue weighted by Crippen LogP contribution is 2.30. The van der Waals surface area contributed by atoms with Crippen LogP contribution in [0.15, 0.2) is 72.9 Å². The zero-order valence-corrected chi connectivity index (χ0v) is 13.1. The van der Waals surface area contributed by atoms with Crippen LogP contribution in [-0.4, -0.2) is 16.6 Å². The standard InChI is InChI=1S/C21H17NO2/c23-20-11-10-17(14-6-2-1-3-7-14)21(24)18(20)12-15-13-22-19-9-5-4-8-16(15)19/h1-11,13,17-18,22H,12H2. The molecule has 1 heterocycles. The van der Waals surface area contributed by atoms with E-state index in [1.54, 1.807) is 12.2 Å². The molecule has 1 aromatic heterocycles. The van der Waals surface area contributed by atoms with E-state index in [1.807, 2.05) is 60.8 Å². The summed E-state index contributed by atoms with van der Waals surface area (Å²) in [5, 5.41) is 1.07. The number of allylic oxidation sites excluding steroid dienone is 2. The van der Waals surface area contributed by atoms with Crippen LogP contribution in [-0.2, 0) is 16.0 Å². The van der Waals surface area contributed by atoms with Gasteiger partial charge < -0.3 is 4.98 Å². The van der Waals surface area contributed by atoms with E-state index in [1.165, 1.54) is 0 Å². The first kappa shape index (κ1) is 14.6. The van der Waals surface area contributed by atoms with Crippen LogP contribution in [0.25, 0.3) is 10.9 Å². The van der Waals surface area contributed by atoms with E-state index in [0.29, 0.717) is 6.42 Å². The Bertz CT molecular complexity index is 937. The summed E-state index contributed by atoms with van der Waals surface area (Å²) in [7, 11) is 0. The van der Waals surface area contributed by atoms with Gasteiger partial charge in [-0.05, 0) is 29.7 Å². The number of carbonyl (C=O) groups excluding carboxylic acids is 2. The molecule has 2 aromatic carbocycles. The van der Waals surface area contributed by atoms with Crippen molar-refractivity contribution in [3.8, 4) is 0 Å². The minimum absolute atomic E-state index is 0.0148. The maximum atomic E-state index is 12.9. The van der Waals surface area contributed by atoms with Gasteiger partial charge in [0, 0.05) is 17.1 Å². The summed E-state index contributed by atoms with van der Waals surface area (Å²) < 4.78 is 0. The molecule has 3 heteroatoms. The molecule has 2 unspecified atom stereocenters. The average Bonchev–Trinajstić information content (AvgIpc) is 3.02. The maximum absolute atomic E-state index is 12.9. The number of aromatic nitrogens is 1. The summed E-state index contributed by atoms with van der Waals surface area (Å²) in [4.78, 5) is 28.5. The highest BCUT2D eigenvalue weighted by molar-refractivity contribution is 6.13. The van der Waals surface area contributed by atoms with Crippen LogP contribution in [0.4, 0.5) is 0 Å². The summed E-state index contributed by atoms with van der Waals surface area (Å²) >= 11 is 0. The van der Waals surface area contributed by atoms with E-state index in [9.17, 15) is 9.59 Å². The van der Waals surface area contributed by atoms with Crippen molar-refractivity contribution in [1.29, 1.82) is 0 Å². The summed E-state index contributed by atoms with van der Waals surface area (Å²) in [6, 6.07) is 17.6. The van der Waals surface area contributed by atoms with E-state index < -0.39 is 5.92 Å². The first-order chi connectivity index (χ1) is 11.7. The highest BCUT2D eigenvalue weighted by atomic mass is 16.2. The smallest absolute Gasteiger partial charge is 0.166 e.